The van der Waals surface area contributed by atoms with E-state index < -0.39 is 0 Å². The molecule has 0 fully saturated rings. The molecule has 0 aliphatic heterocycles. The first-order valence-corrected chi connectivity index (χ1v) is 9.63. The molecule has 0 bridgehead atoms. The molecule has 0 aliphatic carbocycles. The highest BCUT2D eigenvalue weighted by Gasteiger charge is 2.12. The van der Waals surface area contributed by atoms with Crippen molar-refractivity contribution in [2.75, 3.05) is 11.5 Å². The maximum absolute atomic E-state index is 6.10. The fourth-order valence-electron chi connectivity index (χ4n) is 1.86. The van der Waals surface area contributed by atoms with Gasteiger partial charge in [-0.1, -0.05) is 30.1 Å². The molecule has 2 aromatic rings. The first-order chi connectivity index (χ1) is 10.2. The second-order valence-corrected chi connectivity index (χ2v) is 7.99. The number of hydrogen-bond donors (Lipinski definition) is 0. The van der Waals surface area contributed by atoms with Crippen LogP contribution in [0.2, 0.25) is 10.0 Å². The summed E-state index contributed by atoms with van der Waals surface area (Å²) in [5.41, 5.74) is 0. The predicted octanol–water partition coefficient (Wildman–Crippen LogP) is 5.49. The number of imidazole rings is 1. The zero-order valence-electron chi connectivity index (χ0n) is 11.8. The summed E-state index contributed by atoms with van der Waals surface area (Å²) in [6.45, 7) is 3.16. The van der Waals surface area contributed by atoms with Crippen LogP contribution in [0.25, 0.3) is 0 Å². The molecule has 6 heteroatoms. The highest BCUT2D eigenvalue weighted by Crippen LogP contribution is 2.32. The van der Waals surface area contributed by atoms with Crippen LogP contribution >= 0.6 is 46.7 Å². The van der Waals surface area contributed by atoms with Crippen molar-refractivity contribution < 1.29 is 0 Å². The molecule has 1 atom stereocenters. The monoisotopic (exact) mass is 360 g/mol. The van der Waals surface area contributed by atoms with Crippen molar-refractivity contribution in [1.29, 1.82) is 0 Å². The normalized spacial score (nSPS) is 12.5. The van der Waals surface area contributed by atoms with E-state index >= 15 is 0 Å². The van der Waals surface area contributed by atoms with Crippen molar-refractivity contribution in [3.63, 3.8) is 0 Å². The van der Waals surface area contributed by atoms with Gasteiger partial charge in [0.2, 0.25) is 0 Å². The van der Waals surface area contributed by atoms with E-state index in [1.807, 2.05) is 60.4 Å². The van der Waals surface area contributed by atoms with Crippen LogP contribution in [-0.4, -0.2) is 26.3 Å². The molecule has 1 aromatic heterocycles. The molecule has 2 nitrogen and oxygen atoms in total. The van der Waals surface area contributed by atoms with Crippen molar-refractivity contribution >= 4 is 46.7 Å². The summed E-state index contributed by atoms with van der Waals surface area (Å²) in [6, 6.07) is 5.84. The number of nitrogens with zero attached hydrogens (tertiary/aromatic N) is 2. The van der Waals surface area contributed by atoms with Crippen LogP contribution in [0.3, 0.4) is 0 Å². The van der Waals surface area contributed by atoms with Gasteiger partial charge >= 0.3 is 0 Å². The van der Waals surface area contributed by atoms with Gasteiger partial charge in [-0.25, -0.2) is 4.98 Å². The zero-order chi connectivity index (χ0) is 15.1. The smallest absolute Gasteiger partial charge is 0.0946 e. The third-order valence-electron chi connectivity index (χ3n) is 2.82. The van der Waals surface area contributed by atoms with Crippen molar-refractivity contribution in [3.8, 4) is 0 Å². The lowest BCUT2D eigenvalue weighted by molar-refractivity contribution is 0.695. The SMILES string of the molecule is CCCSCC(Cn1ccnc1)Sc1ccc(Cl)c(Cl)c1. The van der Waals surface area contributed by atoms with E-state index in [1.54, 1.807) is 0 Å². The number of rotatable bonds is 8. The Morgan fingerprint density at radius 2 is 2.14 bits per heavy atom. The number of halogens is 2. The van der Waals surface area contributed by atoms with Crippen LogP contribution in [0.4, 0.5) is 0 Å². The molecule has 2 rings (SSSR count). The van der Waals surface area contributed by atoms with Gasteiger partial charge in [-0.05, 0) is 30.4 Å². The van der Waals surface area contributed by atoms with Gasteiger partial charge in [0.05, 0.1) is 16.4 Å². The molecular formula is C15H18Cl2N2S2. The Balaban J connectivity index is 2.01. The fourth-order valence-corrected chi connectivity index (χ4v) is 4.57. The minimum atomic E-state index is 0.480. The Bertz CT molecular complexity index is 547. The Hall–Kier alpha value is -0.290. The van der Waals surface area contributed by atoms with Crippen molar-refractivity contribution in [3.05, 3.63) is 47.0 Å². The molecule has 0 amide bonds. The predicted molar refractivity (Wildman–Crippen MR) is 96.0 cm³/mol. The number of aromatic nitrogens is 2. The molecule has 1 unspecified atom stereocenters. The minimum Gasteiger partial charge on any atom is -0.336 e. The molecule has 0 saturated heterocycles. The molecule has 0 saturated carbocycles. The first-order valence-electron chi connectivity index (χ1n) is 6.84. The highest BCUT2D eigenvalue weighted by atomic mass is 35.5. The molecule has 0 spiro atoms. The summed E-state index contributed by atoms with van der Waals surface area (Å²) in [5, 5.41) is 1.70. The lowest BCUT2D eigenvalue weighted by atomic mass is 10.4. The topological polar surface area (TPSA) is 17.8 Å². The van der Waals surface area contributed by atoms with Gasteiger partial charge in [-0.15, -0.1) is 11.8 Å². The first kappa shape index (κ1) is 17.1. The van der Waals surface area contributed by atoms with E-state index in [1.165, 1.54) is 12.2 Å². The van der Waals surface area contributed by atoms with Gasteiger partial charge in [0.15, 0.2) is 0 Å². The van der Waals surface area contributed by atoms with Crippen LogP contribution in [0.15, 0.2) is 41.8 Å². The van der Waals surface area contributed by atoms with E-state index in [0.717, 1.165) is 17.2 Å². The molecule has 0 radical (unpaired) electrons. The summed E-state index contributed by atoms with van der Waals surface area (Å²) in [4.78, 5) is 5.27. The van der Waals surface area contributed by atoms with Gasteiger partial charge in [0.25, 0.3) is 0 Å². The average Bonchev–Trinajstić information content (AvgIpc) is 2.96. The largest absolute Gasteiger partial charge is 0.336 e. The standard InChI is InChI=1S/C15H18Cl2N2S2/c1-2-7-20-10-13(9-19-6-5-18-11-19)21-12-3-4-14(16)15(17)8-12/h3-6,8,11,13H,2,7,9-10H2,1H3. The van der Waals surface area contributed by atoms with Gasteiger partial charge in [0, 0.05) is 34.8 Å². The highest BCUT2D eigenvalue weighted by molar-refractivity contribution is 8.03. The summed E-state index contributed by atoms with van der Waals surface area (Å²) in [6.07, 6.45) is 6.90. The van der Waals surface area contributed by atoms with E-state index in [0.29, 0.717) is 15.3 Å². The Morgan fingerprint density at radius 3 is 2.81 bits per heavy atom. The zero-order valence-corrected chi connectivity index (χ0v) is 15.0. The number of benzene rings is 1. The van der Waals surface area contributed by atoms with Crippen LogP contribution < -0.4 is 0 Å². The lowest BCUT2D eigenvalue weighted by Crippen LogP contribution is -2.15. The summed E-state index contributed by atoms with van der Waals surface area (Å²) < 4.78 is 2.13. The number of thioether (sulfide) groups is 2. The molecule has 114 valence electrons. The van der Waals surface area contributed by atoms with Crippen molar-refractivity contribution in [2.24, 2.45) is 0 Å². The third kappa shape index (κ3) is 5.78. The van der Waals surface area contributed by atoms with Gasteiger partial charge in [-0.2, -0.15) is 11.8 Å². The second kappa shape index (κ2) is 8.99. The maximum Gasteiger partial charge on any atom is 0.0946 e. The second-order valence-electron chi connectivity index (χ2n) is 4.65. The quantitative estimate of drug-likeness (QED) is 0.457. The van der Waals surface area contributed by atoms with Crippen molar-refractivity contribution in [1.82, 2.24) is 9.55 Å². The fraction of sp³-hybridized carbons (Fsp3) is 0.400. The third-order valence-corrected chi connectivity index (χ3v) is 6.28. The molecule has 1 aromatic carbocycles. The Labute approximate surface area is 144 Å². The Kier molecular flexibility index (Phi) is 7.30. The van der Waals surface area contributed by atoms with Gasteiger partial charge in [0.1, 0.15) is 0 Å². The van der Waals surface area contributed by atoms with Crippen LogP contribution in [0.1, 0.15) is 13.3 Å². The van der Waals surface area contributed by atoms with Crippen molar-refractivity contribution in [2.45, 2.75) is 30.0 Å². The molecule has 0 N–H and O–H groups in total. The number of hydrogen-bond acceptors (Lipinski definition) is 3. The molecular weight excluding hydrogens is 343 g/mol. The van der Waals surface area contributed by atoms with Gasteiger partial charge < -0.3 is 4.57 Å². The van der Waals surface area contributed by atoms with E-state index in [2.05, 4.69) is 16.5 Å². The van der Waals surface area contributed by atoms with E-state index in [9.17, 15) is 0 Å². The molecule has 1 heterocycles. The average molecular weight is 361 g/mol. The summed E-state index contributed by atoms with van der Waals surface area (Å²) in [5.74, 6) is 2.30. The lowest BCUT2D eigenvalue weighted by Gasteiger charge is -2.17. The molecule has 0 aliphatic rings. The van der Waals surface area contributed by atoms with E-state index in [4.69, 9.17) is 23.2 Å². The Morgan fingerprint density at radius 1 is 1.29 bits per heavy atom. The van der Waals surface area contributed by atoms with Crippen LogP contribution in [0.5, 0.6) is 0 Å². The summed E-state index contributed by atoms with van der Waals surface area (Å²) in [7, 11) is 0. The van der Waals surface area contributed by atoms with Crippen LogP contribution in [-0.2, 0) is 6.54 Å². The minimum absolute atomic E-state index is 0.480. The van der Waals surface area contributed by atoms with E-state index in [-0.39, 0.29) is 0 Å². The summed E-state index contributed by atoms with van der Waals surface area (Å²) >= 11 is 15.9. The maximum atomic E-state index is 6.10. The van der Waals surface area contributed by atoms with Gasteiger partial charge in [-0.3, -0.25) is 0 Å². The molecule has 21 heavy (non-hydrogen) atoms. The van der Waals surface area contributed by atoms with Crippen LogP contribution in [0, 0.1) is 0 Å².